The molecule has 2 aliphatic rings. The molecule has 0 bridgehead atoms. The van der Waals surface area contributed by atoms with Crippen LogP contribution in [0.4, 0.5) is 15.8 Å². The SMILES string of the molecule is C=N/N=C(/CN)N(CN1CC(N2CCCc3cc(F)ccc32)C1)c1ccc(OC)nc1.CC. The highest BCUT2D eigenvalue weighted by molar-refractivity contribution is 5.99. The van der Waals surface area contributed by atoms with Crippen molar-refractivity contribution in [3.05, 3.63) is 47.9 Å². The van der Waals surface area contributed by atoms with Gasteiger partial charge in [-0.05, 0) is 42.7 Å². The first-order valence-electron chi connectivity index (χ1n) is 11.4. The molecular formula is C24H34FN7O. The van der Waals surface area contributed by atoms with E-state index in [9.17, 15) is 4.39 Å². The Kier molecular flexibility index (Phi) is 8.73. The van der Waals surface area contributed by atoms with Gasteiger partial charge in [0.05, 0.1) is 38.2 Å². The number of benzene rings is 1. The number of aromatic nitrogens is 1. The molecule has 4 rings (SSSR count). The van der Waals surface area contributed by atoms with Crippen molar-refractivity contribution < 1.29 is 9.13 Å². The molecule has 0 amide bonds. The summed E-state index contributed by atoms with van der Waals surface area (Å²) >= 11 is 0. The van der Waals surface area contributed by atoms with Gasteiger partial charge in [0.15, 0.2) is 0 Å². The normalized spacial score (nSPS) is 16.3. The number of fused-ring (bicyclic) bond motifs is 1. The van der Waals surface area contributed by atoms with Crippen molar-refractivity contribution in [1.29, 1.82) is 0 Å². The first kappa shape index (κ1) is 24.6. The number of hydrogen-bond donors (Lipinski definition) is 1. The van der Waals surface area contributed by atoms with Gasteiger partial charge >= 0.3 is 0 Å². The summed E-state index contributed by atoms with van der Waals surface area (Å²) in [4.78, 5) is 11.0. The fraction of sp³-hybridized carbons (Fsp3) is 0.458. The molecular weight excluding hydrogens is 421 g/mol. The van der Waals surface area contributed by atoms with Crippen LogP contribution in [0.15, 0.2) is 46.7 Å². The molecule has 1 aromatic heterocycles. The summed E-state index contributed by atoms with van der Waals surface area (Å²) in [6.07, 6.45) is 3.72. The van der Waals surface area contributed by atoms with Crippen LogP contribution in [0.1, 0.15) is 25.8 Å². The van der Waals surface area contributed by atoms with Crippen LogP contribution in [0, 0.1) is 5.82 Å². The lowest BCUT2D eigenvalue weighted by Gasteiger charge is -2.49. The Morgan fingerprint density at radius 1 is 1.30 bits per heavy atom. The highest BCUT2D eigenvalue weighted by atomic mass is 19.1. The second kappa shape index (κ2) is 11.7. The van der Waals surface area contributed by atoms with Crippen molar-refractivity contribution in [2.75, 3.05) is 49.8 Å². The fourth-order valence-electron chi connectivity index (χ4n) is 4.28. The number of rotatable bonds is 7. The lowest BCUT2D eigenvalue weighted by atomic mass is 9.97. The predicted octanol–water partition coefficient (Wildman–Crippen LogP) is 3.13. The lowest BCUT2D eigenvalue weighted by Crippen LogP contribution is -2.63. The molecule has 1 fully saturated rings. The number of halogens is 1. The topological polar surface area (TPSA) is 82.6 Å². The molecule has 0 saturated carbocycles. The molecule has 1 saturated heterocycles. The van der Waals surface area contributed by atoms with E-state index in [-0.39, 0.29) is 12.4 Å². The van der Waals surface area contributed by atoms with Crippen LogP contribution < -0.4 is 20.3 Å². The highest BCUT2D eigenvalue weighted by Crippen LogP contribution is 2.32. The Labute approximate surface area is 195 Å². The van der Waals surface area contributed by atoms with Crippen LogP contribution in [-0.2, 0) is 6.42 Å². The van der Waals surface area contributed by atoms with Gasteiger partial charge in [-0.2, -0.15) is 5.10 Å². The maximum absolute atomic E-state index is 13.6. The molecule has 33 heavy (non-hydrogen) atoms. The summed E-state index contributed by atoms with van der Waals surface area (Å²) in [6.45, 7) is 11.1. The Morgan fingerprint density at radius 3 is 2.73 bits per heavy atom. The van der Waals surface area contributed by atoms with E-state index < -0.39 is 0 Å². The molecule has 0 radical (unpaired) electrons. The smallest absolute Gasteiger partial charge is 0.213 e. The van der Waals surface area contributed by atoms with Gasteiger partial charge in [-0.25, -0.2) is 9.37 Å². The number of likely N-dealkylation sites (tertiary alicyclic amines) is 1. The van der Waals surface area contributed by atoms with Gasteiger partial charge in [0.2, 0.25) is 5.88 Å². The quantitative estimate of drug-likeness (QED) is 0.392. The summed E-state index contributed by atoms with van der Waals surface area (Å²) in [5, 5.41) is 7.79. The summed E-state index contributed by atoms with van der Waals surface area (Å²) in [7, 11) is 1.58. The Bertz CT molecular complexity index is 944. The molecule has 3 heterocycles. The van der Waals surface area contributed by atoms with Crippen molar-refractivity contribution in [2.45, 2.75) is 32.7 Å². The average Bonchev–Trinajstić information content (AvgIpc) is 2.83. The Morgan fingerprint density at radius 2 is 2.09 bits per heavy atom. The molecule has 0 spiro atoms. The minimum absolute atomic E-state index is 0.163. The van der Waals surface area contributed by atoms with E-state index in [0.29, 0.717) is 24.4 Å². The van der Waals surface area contributed by atoms with Crippen molar-refractivity contribution in [3.8, 4) is 5.88 Å². The molecule has 2 aromatic rings. The lowest BCUT2D eigenvalue weighted by molar-refractivity contribution is 0.148. The molecule has 0 atom stereocenters. The average molecular weight is 456 g/mol. The number of aryl methyl sites for hydroxylation is 1. The Balaban J connectivity index is 0.00000149. The van der Waals surface area contributed by atoms with E-state index in [1.807, 2.05) is 30.9 Å². The monoisotopic (exact) mass is 455 g/mol. The molecule has 178 valence electrons. The number of pyridine rings is 1. The third-order valence-electron chi connectivity index (χ3n) is 5.84. The zero-order valence-corrected chi connectivity index (χ0v) is 19.7. The second-order valence-corrected chi connectivity index (χ2v) is 7.75. The number of nitrogens with zero attached hydrogens (tertiary/aromatic N) is 6. The first-order valence-corrected chi connectivity index (χ1v) is 11.4. The standard InChI is InChI=1S/C22H28FN7O.C2H6/c1-25-27-21(11-24)30(18-6-8-22(31-2)26-12-18)15-28-13-19(14-28)29-9-3-4-16-10-17(23)5-7-20(16)29;1-2/h5-8,10,12,19H,1,3-4,9,11,13-15,24H2,2H3;1-2H3/b27-21-;. The number of methoxy groups -OCH3 is 1. The van der Waals surface area contributed by atoms with E-state index in [0.717, 1.165) is 49.4 Å². The summed E-state index contributed by atoms with van der Waals surface area (Å²) in [5.74, 6) is 0.995. The van der Waals surface area contributed by atoms with Crippen LogP contribution in [-0.4, -0.2) is 68.4 Å². The minimum atomic E-state index is -0.163. The van der Waals surface area contributed by atoms with Crippen molar-refractivity contribution in [1.82, 2.24) is 9.88 Å². The number of nitrogens with two attached hydrogens (primary N) is 1. The van der Waals surface area contributed by atoms with Gasteiger partial charge in [-0.15, -0.1) is 5.10 Å². The minimum Gasteiger partial charge on any atom is -0.481 e. The van der Waals surface area contributed by atoms with Gasteiger partial charge in [0, 0.05) is 38.1 Å². The van der Waals surface area contributed by atoms with E-state index >= 15 is 0 Å². The number of amidine groups is 1. The number of hydrogen-bond acceptors (Lipinski definition) is 7. The molecule has 0 unspecified atom stereocenters. The molecule has 1 aromatic carbocycles. The number of ether oxygens (including phenoxy) is 1. The van der Waals surface area contributed by atoms with E-state index in [1.165, 1.54) is 0 Å². The fourth-order valence-corrected chi connectivity index (χ4v) is 4.28. The van der Waals surface area contributed by atoms with E-state index in [1.54, 1.807) is 31.5 Å². The van der Waals surface area contributed by atoms with Crippen LogP contribution >= 0.6 is 0 Å². The Hall–Kier alpha value is -3.04. The maximum atomic E-state index is 13.6. The number of anilines is 2. The zero-order chi connectivity index (χ0) is 23.8. The molecule has 8 nitrogen and oxygen atoms in total. The molecule has 9 heteroatoms. The van der Waals surface area contributed by atoms with Crippen molar-refractivity contribution in [2.24, 2.45) is 15.9 Å². The van der Waals surface area contributed by atoms with Gasteiger partial charge < -0.3 is 20.3 Å². The zero-order valence-electron chi connectivity index (χ0n) is 19.7. The summed E-state index contributed by atoms with van der Waals surface area (Å²) < 4.78 is 18.8. The first-order chi connectivity index (χ1) is 16.1. The van der Waals surface area contributed by atoms with Crippen LogP contribution in [0.2, 0.25) is 0 Å². The third-order valence-corrected chi connectivity index (χ3v) is 5.84. The molecule has 0 aliphatic carbocycles. The third kappa shape index (κ3) is 5.66. The van der Waals surface area contributed by atoms with Gasteiger partial charge in [-0.1, -0.05) is 13.8 Å². The van der Waals surface area contributed by atoms with Gasteiger partial charge in [-0.3, -0.25) is 4.90 Å². The predicted molar refractivity (Wildman–Crippen MR) is 133 cm³/mol. The van der Waals surface area contributed by atoms with Crippen LogP contribution in [0.3, 0.4) is 0 Å². The van der Waals surface area contributed by atoms with Gasteiger partial charge in [0.25, 0.3) is 0 Å². The maximum Gasteiger partial charge on any atom is 0.213 e. The summed E-state index contributed by atoms with van der Waals surface area (Å²) in [6, 6.07) is 9.27. The van der Waals surface area contributed by atoms with Crippen molar-refractivity contribution in [3.63, 3.8) is 0 Å². The van der Waals surface area contributed by atoms with E-state index in [4.69, 9.17) is 10.5 Å². The highest BCUT2D eigenvalue weighted by Gasteiger charge is 2.35. The largest absolute Gasteiger partial charge is 0.481 e. The van der Waals surface area contributed by atoms with Crippen LogP contribution in [0.5, 0.6) is 5.88 Å². The summed E-state index contributed by atoms with van der Waals surface area (Å²) in [5.41, 5.74) is 9.06. The van der Waals surface area contributed by atoms with Gasteiger partial charge in [0.1, 0.15) is 11.7 Å². The van der Waals surface area contributed by atoms with Crippen molar-refractivity contribution >= 4 is 23.9 Å². The van der Waals surface area contributed by atoms with E-state index in [2.05, 4.69) is 31.7 Å². The van der Waals surface area contributed by atoms with Crippen LogP contribution in [0.25, 0.3) is 0 Å². The molecule has 2 aliphatic heterocycles. The second-order valence-electron chi connectivity index (χ2n) is 7.75. The molecule has 2 N–H and O–H groups in total.